The number of nitrogens with one attached hydrogen (secondary N) is 4. The van der Waals surface area contributed by atoms with E-state index in [9.17, 15) is 0 Å². The summed E-state index contributed by atoms with van der Waals surface area (Å²) in [5.41, 5.74) is 0. The minimum atomic E-state index is 0.0556. The molecule has 5 nitrogen and oxygen atoms in total. The van der Waals surface area contributed by atoms with Gasteiger partial charge < -0.3 is 0 Å². The summed E-state index contributed by atoms with van der Waals surface area (Å²) in [4.78, 5) is 0. The summed E-state index contributed by atoms with van der Waals surface area (Å²) in [7, 11) is 0. The Morgan fingerprint density at radius 1 is 0.632 bits per heavy atom. The van der Waals surface area contributed by atoms with Gasteiger partial charge in [0.15, 0.2) is 0 Å². The Kier molecular flexibility index (Phi) is 53.0. The van der Waals surface area contributed by atoms with Crippen LogP contribution in [0.4, 0.5) is 0 Å². The number of nitrogens with zero attached hydrogens (tertiary/aromatic N) is 1. The molecule has 0 aromatic rings. The Labute approximate surface area is 157 Å². The molecule has 0 spiro atoms. The molecule has 0 atom stereocenters. The van der Waals surface area contributed by atoms with Gasteiger partial charge in [-0.1, -0.05) is 0 Å². The van der Waals surface area contributed by atoms with Gasteiger partial charge in [0, 0.05) is 6.92 Å². The molecule has 0 heterocycles. The van der Waals surface area contributed by atoms with E-state index in [1.807, 2.05) is 0 Å². The predicted molar refractivity (Wildman–Crippen MR) is 114 cm³/mol. The lowest BCUT2D eigenvalue weighted by Crippen LogP contribution is -1.51. The van der Waals surface area contributed by atoms with Crippen LogP contribution >= 0.6 is 101 Å². The zero-order valence-corrected chi connectivity index (χ0v) is 16.7. The zero-order chi connectivity index (χ0) is 17.0. The molecule has 0 amide bonds. The zero-order valence-electron chi connectivity index (χ0n) is 9.52. The molecule has 19 heavy (non-hydrogen) atoms. The highest BCUT2D eigenvalue weighted by Gasteiger charge is 1.58. The van der Waals surface area contributed by atoms with Gasteiger partial charge in [-0.25, -0.2) is 0 Å². The number of thiol groups is 8. The van der Waals surface area contributed by atoms with Gasteiger partial charge in [0.2, 0.25) is 0 Å². The van der Waals surface area contributed by atoms with Crippen LogP contribution in [0.1, 0.15) is 6.92 Å². The van der Waals surface area contributed by atoms with E-state index < -0.39 is 0 Å². The molecule has 0 saturated heterocycles. The van der Waals surface area contributed by atoms with Gasteiger partial charge in [0.25, 0.3) is 0 Å². The van der Waals surface area contributed by atoms with Crippen LogP contribution in [-0.4, -0.2) is 17.5 Å². The van der Waals surface area contributed by atoms with Crippen LogP contribution in [0.25, 0.3) is 0 Å². The van der Waals surface area contributed by atoms with Crippen molar-refractivity contribution >= 4 is 119 Å². The van der Waals surface area contributed by atoms with Crippen LogP contribution in [0.5, 0.6) is 0 Å². The maximum absolute atomic E-state index is 7.32. The molecule has 13 heteroatoms. The van der Waals surface area contributed by atoms with Gasteiger partial charge in [-0.3, -0.25) is 21.6 Å². The third kappa shape index (κ3) is 5810. The van der Waals surface area contributed by atoms with Crippen LogP contribution in [0.3, 0.4) is 0 Å². The SMILES string of the molecule is CC#N.N=C(S)S.N=C(S)S.N=C(S)S.N=C(S)S. The van der Waals surface area contributed by atoms with Gasteiger partial charge in [-0.05, 0) is 0 Å². The molecule has 0 rings (SSSR count). The maximum Gasteiger partial charge on any atom is 0.115 e. The lowest BCUT2D eigenvalue weighted by Gasteiger charge is -1.61. The van der Waals surface area contributed by atoms with Crippen molar-refractivity contribution in [3.05, 3.63) is 0 Å². The standard InChI is InChI=1S/C2H3N.4CH3NS2/c1-2-3;4*2-1(3)4/h1H3;4*(H3,2,3,4). The van der Waals surface area contributed by atoms with Crippen molar-refractivity contribution in [2.45, 2.75) is 6.92 Å². The van der Waals surface area contributed by atoms with E-state index in [1.165, 1.54) is 6.92 Å². The predicted octanol–water partition coefficient (Wildman–Crippen LogP) is 3.65. The fourth-order valence-electron chi connectivity index (χ4n) is 0. The largest absolute Gasteiger partial charge is 0.288 e. The first-order chi connectivity index (χ1) is 8.34. The number of hydrogen-bond donors (Lipinski definition) is 12. The lowest BCUT2D eigenvalue weighted by atomic mass is 11.0. The molecule has 112 valence electrons. The Balaban J connectivity index is -0.0000000432. The second kappa shape index (κ2) is 31.4. The monoisotopic (exact) mass is 413 g/mol. The molecule has 0 aliphatic rings. The Morgan fingerprint density at radius 3 is 0.632 bits per heavy atom. The first-order valence-electron chi connectivity index (χ1n) is 3.51. The van der Waals surface area contributed by atoms with E-state index in [-0.39, 0.29) is 17.5 Å². The first-order valence-corrected chi connectivity index (χ1v) is 7.09. The van der Waals surface area contributed by atoms with Crippen molar-refractivity contribution in [2.24, 2.45) is 0 Å². The summed E-state index contributed by atoms with van der Waals surface area (Å²) in [6, 6.07) is 1.75. The highest BCUT2D eigenvalue weighted by molar-refractivity contribution is 8.24. The van der Waals surface area contributed by atoms with E-state index in [4.69, 9.17) is 26.9 Å². The van der Waals surface area contributed by atoms with Crippen molar-refractivity contribution in [1.29, 1.82) is 26.9 Å². The summed E-state index contributed by atoms with van der Waals surface area (Å²) >= 11 is 27.3. The maximum atomic E-state index is 7.32. The highest BCUT2D eigenvalue weighted by Crippen LogP contribution is 1.79. The van der Waals surface area contributed by atoms with Crippen LogP contribution in [0.15, 0.2) is 0 Å². The van der Waals surface area contributed by atoms with Gasteiger partial charge in [0.1, 0.15) is 17.5 Å². The second-order valence-electron chi connectivity index (χ2n) is 1.52. The summed E-state index contributed by atoms with van der Waals surface area (Å²) in [6.07, 6.45) is 0. The fourth-order valence-corrected chi connectivity index (χ4v) is 0. The van der Waals surface area contributed by atoms with Crippen molar-refractivity contribution in [3.63, 3.8) is 0 Å². The minimum Gasteiger partial charge on any atom is -0.288 e. The van der Waals surface area contributed by atoms with E-state index in [1.54, 1.807) is 6.07 Å². The summed E-state index contributed by atoms with van der Waals surface area (Å²) in [5.74, 6) is 0. The van der Waals surface area contributed by atoms with Crippen molar-refractivity contribution in [1.82, 2.24) is 0 Å². The molecule has 0 saturated carbocycles. The minimum absolute atomic E-state index is 0.0556. The second-order valence-corrected chi connectivity index (χ2v) is 6.51. The third-order valence-electron chi connectivity index (χ3n) is 0. The average molecular weight is 414 g/mol. The molecule has 0 aromatic heterocycles. The molecule has 0 radical (unpaired) electrons. The van der Waals surface area contributed by atoms with Gasteiger partial charge in [0.05, 0.1) is 6.07 Å². The van der Waals surface area contributed by atoms with E-state index in [0.29, 0.717) is 0 Å². The average Bonchev–Trinajstić information content (AvgIpc) is 1.97. The topological polar surface area (TPSA) is 119 Å². The van der Waals surface area contributed by atoms with E-state index in [0.717, 1.165) is 0 Å². The van der Waals surface area contributed by atoms with Gasteiger partial charge in [-0.15, -0.1) is 101 Å². The van der Waals surface area contributed by atoms with Crippen molar-refractivity contribution in [2.75, 3.05) is 0 Å². The number of hydrogen-bond acceptors (Lipinski definition) is 5. The summed E-state index contributed by atoms with van der Waals surface area (Å²) in [5, 5.41) is 32.2. The molecule has 0 unspecified atom stereocenters. The highest BCUT2D eigenvalue weighted by atomic mass is 32.2. The molecule has 4 N–H and O–H groups in total. The lowest BCUT2D eigenvalue weighted by molar-refractivity contribution is 1.49. The molecule has 0 aliphatic carbocycles. The first kappa shape index (κ1) is 32.1. The molecular weight excluding hydrogens is 399 g/mol. The van der Waals surface area contributed by atoms with E-state index >= 15 is 0 Å². The quantitative estimate of drug-likeness (QED) is 0.166. The normalized spacial score (nSPS) is 5.89. The molecule has 0 aliphatic heterocycles. The smallest absolute Gasteiger partial charge is 0.115 e. The summed E-state index contributed by atoms with van der Waals surface area (Å²) in [6.45, 7) is 1.43. The van der Waals surface area contributed by atoms with Crippen LogP contribution in [-0.2, 0) is 0 Å². The van der Waals surface area contributed by atoms with Crippen LogP contribution in [0, 0.1) is 33.0 Å². The Morgan fingerprint density at radius 2 is 0.632 bits per heavy atom. The van der Waals surface area contributed by atoms with Crippen LogP contribution < -0.4 is 0 Å². The van der Waals surface area contributed by atoms with Gasteiger partial charge in [-0.2, -0.15) is 5.26 Å². The molecule has 0 fully saturated rings. The van der Waals surface area contributed by atoms with E-state index in [2.05, 4.69) is 101 Å². The fraction of sp³-hybridized carbons (Fsp3) is 0.167. The van der Waals surface area contributed by atoms with Crippen LogP contribution in [0.2, 0.25) is 0 Å². The molecular formula is C6H15N5S8. The Bertz CT molecular complexity index is 234. The number of rotatable bonds is 0. The molecule has 0 aromatic carbocycles. The third-order valence-corrected chi connectivity index (χ3v) is 0. The Hall–Kier alpha value is 0.970. The number of nitriles is 1. The van der Waals surface area contributed by atoms with Crippen molar-refractivity contribution in [3.8, 4) is 6.07 Å². The molecule has 0 bridgehead atoms. The summed E-state index contributed by atoms with van der Waals surface area (Å²) < 4.78 is 0.222. The van der Waals surface area contributed by atoms with Crippen molar-refractivity contribution < 1.29 is 0 Å². The van der Waals surface area contributed by atoms with Gasteiger partial charge >= 0.3 is 0 Å².